The van der Waals surface area contributed by atoms with E-state index in [0.717, 1.165) is 19.3 Å². The van der Waals surface area contributed by atoms with Crippen molar-refractivity contribution in [2.75, 3.05) is 34.0 Å². The Labute approximate surface area is 103 Å². The van der Waals surface area contributed by atoms with Crippen molar-refractivity contribution in [3.05, 3.63) is 0 Å². The van der Waals surface area contributed by atoms with E-state index in [1.807, 2.05) is 0 Å². The minimum atomic E-state index is -0.806. The molecule has 2 unspecified atom stereocenters. The Bertz CT molecular complexity index is 247. The second-order valence-electron chi connectivity index (χ2n) is 4.51. The Morgan fingerprint density at radius 2 is 2.12 bits per heavy atom. The van der Waals surface area contributed by atoms with Gasteiger partial charge in [0.1, 0.15) is 5.54 Å². The van der Waals surface area contributed by atoms with Crippen LogP contribution in [0.5, 0.6) is 0 Å². The van der Waals surface area contributed by atoms with Crippen molar-refractivity contribution in [2.45, 2.75) is 31.2 Å². The molecule has 0 aromatic rings. The highest BCUT2D eigenvalue weighted by Crippen LogP contribution is 2.36. The number of esters is 1. The van der Waals surface area contributed by atoms with Gasteiger partial charge in [0.15, 0.2) is 0 Å². The molecule has 0 aromatic carbocycles. The first-order valence-electron chi connectivity index (χ1n) is 6.09. The second-order valence-corrected chi connectivity index (χ2v) is 4.51. The lowest BCUT2D eigenvalue weighted by molar-refractivity contribution is -0.148. The Hall–Kier alpha value is -0.650. The molecule has 5 heteroatoms. The Morgan fingerprint density at radius 3 is 2.76 bits per heavy atom. The average molecular weight is 245 g/mol. The summed E-state index contributed by atoms with van der Waals surface area (Å²) in [5, 5.41) is 0. The van der Waals surface area contributed by atoms with E-state index in [2.05, 4.69) is 0 Å². The van der Waals surface area contributed by atoms with Crippen molar-refractivity contribution < 1.29 is 19.0 Å². The monoisotopic (exact) mass is 245 g/mol. The summed E-state index contributed by atoms with van der Waals surface area (Å²) in [4.78, 5) is 11.7. The van der Waals surface area contributed by atoms with Crippen LogP contribution in [0.1, 0.15) is 25.7 Å². The van der Waals surface area contributed by atoms with Crippen molar-refractivity contribution in [1.29, 1.82) is 0 Å². The standard InChI is InChI=1S/C12H23NO4/c1-15-8-9-17-7-5-10-4-3-6-12(10,13)11(14)16-2/h10H,3-9,13H2,1-2H3. The smallest absolute Gasteiger partial charge is 0.326 e. The number of ether oxygens (including phenoxy) is 3. The maximum Gasteiger partial charge on any atom is 0.326 e. The Kier molecular flexibility index (Phi) is 5.88. The highest BCUT2D eigenvalue weighted by Gasteiger charge is 2.46. The first kappa shape index (κ1) is 14.4. The number of hydrogen-bond donors (Lipinski definition) is 1. The van der Waals surface area contributed by atoms with E-state index in [0.29, 0.717) is 26.2 Å². The summed E-state index contributed by atoms with van der Waals surface area (Å²) in [6.45, 7) is 1.79. The van der Waals surface area contributed by atoms with Gasteiger partial charge in [0.2, 0.25) is 0 Å². The summed E-state index contributed by atoms with van der Waals surface area (Å²) in [5.74, 6) is -0.130. The van der Waals surface area contributed by atoms with Gasteiger partial charge < -0.3 is 19.9 Å². The van der Waals surface area contributed by atoms with Crippen LogP contribution in [0, 0.1) is 5.92 Å². The Balaban J connectivity index is 2.34. The molecule has 1 rings (SSSR count). The van der Waals surface area contributed by atoms with Gasteiger partial charge in [-0.2, -0.15) is 0 Å². The minimum absolute atomic E-state index is 0.164. The Morgan fingerprint density at radius 1 is 1.35 bits per heavy atom. The molecular weight excluding hydrogens is 222 g/mol. The summed E-state index contributed by atoms with van der Waals surface area (Å²) in [6, 6.07) is 0. The predicted octanol–water partition coefficient (Wildman–Crippen LogP) is 0.710. The molecule has 0 saturated heterocycles. The molecule has 0 amide bonds. The van der Waals surface area contributed by atoms with Gasteiger partial charge in [0, 0.05) is 13.7 Å². The fraction of sp³-hybridized carbons (Fsp3) is 0.917. The normalized spacial score (nSPS) is 28.3. The van der Waals surface area contributed by atoms with Crippen molar-refractivity contribution >= 4 is 5.97 Å². The van der Waals surface area contributed by atoms with Crippen LogP contribution >= 0.6 is 0 Å². The summed E-state index contributed by atoms with van der Waals surface area (Å²) in [5.41, 5.74) is 5.34. The maximum atomic E-state index is 11.7. The fourth-order valence-electron chi connectivity index (χ4n) is 2.43. The van der Waals surface area contributed by atoms with E-state index >= 15 is 0 Å². The fourth-order valence-corrected chi connectivity index (χ4v) is 2.43. The van der Waals surface area contributed by atoms with Gasteiger partial charge in [-0.25, -0.2) is 0 Å². The summed E-state index contributed by atoms with van der Waals surface area (Å²) >= 11 is 0. The third kappa shape index (κ3) is 3.66. The van der Waals surface area contributed by atoms with Crippen LogP contribution in [-0.4, -0.2) is 45.5 Å². The van der Waals surface area contributed by atoms with Crippen LogP contribution < -0.4 is 5.73 Å². The molecule has 1 fully saturated rings. The topological polar surface area (TPSA) is 70.8 Å². The molecule has 1 aliphatic rings. The van der Waals surface area contributed by atoms with E-state index < -0.39 is 5.54 Å². The molecule has 1 saturated carbocycles. The summed E-state index contributed by atoms with van der Waals surface area (Å²) in [7, 11) is 3.03. The van der Waals surface area contributed by atoms with Gasteiger partial charge in [-0.05, 0) is 25.2 Å². The van der Waals surface area contributed by atoms with E-state index in [9.17, 15) is 4.79 Å². The number of hydrogen-bond acceptors (Lipinski definition) is 5. The zero-order valence-electron chi connectivity index (χ0n) is 10.7. The van der Waals surface area contributed by atoms with E-state index in [1.165, 1.54) is 7.11 Å². The van der Waals surface area contributed by atoms with Crippen LogP contribution in [0.15, 0.2) is 0 Å². The van der Waals surface area contributed by atoms with Crippen molar-refractivity contribution in [3.8, 4) is 0 Å². The highest BCUT2D eigenvalue weighted by molar-refractivity contribution is 5.81. The summed E-state index contributed by atoms with van der Waals surface area (Å²) in [6.07, 6.45) is 3.46. The largest absolute Gasteiger partial charge is 0.468 e. The number of rotatable bonds is 7. The van der Waals surface area contributed by atoms with Crippen molar-refractivity contribution in [1.82, 2.24) is 0 Å². The first-order chi connectivity index (χ1) is 8.15. The van der Waals surface area contributed by atoms with E-state index in [4.69, 9.17) is 19.9 Å². The number of methoxy groups -OCH3 is 2. The van der Waals surface area contributed by atoms with Crippen LogP contribution in [-0.2, 0) is 19.0 Å². The molecule has 2 atom stereocenters. The molecule has 0 spiro atoms. The molecular formula is C12H23NO4. The molecule has 0 radical (unpaired) electrons. The van der Waals surface area contributed by atoms with Gasteiger partial charge in [0.25, 0.3) is 0 Å². The average Bonchev–Trinajstić information content (AvgIpc) is 2.71. The number of carbonyl (C=O) groups is 1. The molecule has 0 aliphatic heterocycles. The van der Waals surface area contributed by atoms with E-state index in [1.54, 1.807) is 7.11 Å². The molecule has 0 heterocycles. The summed E-state index contributed by atoms with van der Waals surface area (Å²) < 4.78 is 15.1. The molecule has 0 aromatic heterocycles. The predicted molar refractivity (Wildman–Crippen MR) is 63.6 cm³/mol. The maximum absolute atomic E-state index is 11.7. The zero-order chi connectivity index (χ0) is 12.7. The lowest BCUT2D eigenvalue weighted by Gasteiger charge is -2.28. The molecule has 100 valence electrons. The van der Waals surface area contributed by atoms with Crippen LogP contribution in [0.2, 0.25) is 0 Å². The third-order valence-electron chi connectivity index (χ3n) is 3.48. The van der Waals surface area contributed by atoms with E-state index in [-0.39, 0.29) is 11.9 Å². The SMILES string of the molecule is COCCOCCC1CCCC1(N)C(=O)OC. The van der Waals surface area contributed by atoms with Crippen molar-refractivity contribution in [2.24, 2.45) is 11.7 Å². The molecule has 5 nitrogen and oxygen atoms in total. The highest BCUT2D eigenvalue weighted by atomic mass is 16.5. The molecule has 17 heavy (non-hydrogen) atoms. The molecule has 0 bridgehead atoms. The van der Waals surface area contributed by atoms with Gasteiger partial charge in [-0.1, -0.05) is 6.42 Å². The number of carbonyl (C=O) groups excluding carboxylic acids is 1. The number of nitrogens with two attached hydrogens (primary N) is 1. The van der Waals surface area contributed by atoms with Crippen LogP contribution in [0.4, 0.5) is 0 Å². The van der Waals surface area contributed by atoms with Crippen LogP contribution in [0.3, 0.4) is 0 Å². The third-order valence-corrected chi connectivity index (χ3v) is 3.48. The second kappa shape index (κ2) is 6.93. The molecule has 2 N–H and O–H groups in total. The first-order valence-corrected chi connectivity index (χ1v) is 6.09. The van der Waals surface area contributed by atoms with Crippen LogP contribution in [0.25, 0.3) is 0 Å². The molecule has 1 aliphatic carbocycles. The minimum Gasteiger partial charge on any atom is -0.468 e. The lowest BCUT2D eigenvalue weighted by Crippen LogP contribution is -2.51. The van der Waals surface area contributed by atoms with Gasteiger partial charge in [0.05, 0.1) is 20.3 Å². The van der Waals surface area contributed by atoms with Gasteiger partial charge in [-0.15, -0.1) is 0 Å². The van der Waals surface area contributed by atoms with Crippen molar-refractivity contribution in [3.63, 3.8) is 0 Å². The van der Waals surface area contributed by atoms with Gasteiger partial charge >= 0.3 is 5.97 Å². The quantitative estimate of drug-likeness (QED) is 0.528. The zero-order valence-corrected chi connectivity index (χ0v) is 10.7. The lowest BCUT2D eigenvalue weighted by atomic mass is 9.86. The van der Waals surface area contributed by atoms with Gasteiger partial charge in [-0.3, -0.25) is 4.79 Å².